The Bertz CT molecular complexity index is 429. The predicted molar refractivity (Wildman–Crippen MR) is 92.9 cm³/mol. The lowest BCUT2D eigenvalue weighted by atomic mass is 9.98. The number of hydrogen-bond donors (Lipinski definition) is 1. The van der Waals surface area contributed by atoms with Crippen LogP contribution in [0.5, 0.6) is 0 Å². The number of rotatable bonds is 7. The van der Waals surface area contributed by atoms with Crippen LogP contribution >= 0.6 is 0 Å². The van der Waals surface area contributed by atoms with Gasteiger partial charge in [0.25, 0.3) is 0 Å². The number of fused-ring (bicyclic) bond motifs is 1. The summed E-state index contributed by atoms with van der Waals surface area (Å²) in [6.45, 7) is 10.2. The number of nitrogens with one attached hydrogen (secondary N) is 1. The number of benzene rings is 1. The van der Waals surface area contributed by atoms with Crippen molar-refractivity contribution in [2.24, 2.45) is 0 Å². The summed E-state index contributed by atoms with van der Waals surface area (Å²) in [5, 5.41) is 3.76. The minimum Gasteiger partial charge on any atom is -0.369 e. The Kier molecular flexibility index (Phi) is 6.10. The van der Waals surface area contributed by atoms with Gasteiger partial charge in [0.1, 0.15) is 0 Å². The first-order valence-electron chi connectivity index (χ1n) is 8.76. The Hall–Kier alpha value is -1.02. The normalized spacial score (nSPS) is 22.0. The van der Waals surface area contributed by atoms with Crippen LogP contribution in [0.1, 0.15) is 64.9 Å². The van der Waals surface area contributed by atoms with Crippen molar-refractivity contribution >= 4 is 5.69 Å². The molecule has 1 heterocycles. The Balaban J connectivity index is 2.04. The van der Waals surface area contributed by atoms with E-state index in [1.54, 1.807) is 0 Å². The summed E-state index contributed by atoms with van der Waals surface area (Å²) < 4.78 is 0. The van der Waals surface area contributed by atoms with Crippen LogP contribution in [0.25, 0.3) is 0 Å². The molecule has 0 aromatic heterocycles. The fourth-order valence-electron chi connectivity index (χ4n) is 3.18. The SMILES string of the molecule is CCCCCCCN1CC(C)(CC)NCc2ccccc21. The third-order valence-electron chi connectivity index (χ3n) is 4.89. The maximum Gasteiger partial charge on any atom is 0.0412 e. The molecule has 0 aliphatic carbocycles. The van der Waals surface area contributed by atoms with Crippen LogP contribution < -0.4 is 10.2 Å². The molecule has 118 valence electrons. The molecule has 1 atom stereocenters. The quantitative estimate of drug-likeness (QED) is 0.729. The Morgan fingerprint density at radius 3 is 2.62 bits per heavy atom. The van der Waals surface area contributed by atoms with Gasteiger partial charge in [-0.25, -0.2) is 0 Å². The number of anilines is 1. The molecule has 1 aliphatic heterocycles. The molecule has 1 aromatic carbocycles. The highest BCUT2D eigenvalue weighted by Crippen LogP contribution is 2.28. The Morgan fingerprint density at radius 2 is 1.86 bits per heavy atom. The summed E-state index contributed by atoms with van der Waals surface area (Å²) in [7, 11) is 0. The zero-order valence-electron chi connectivity index (χ0n) is 14.1. The highest BCUT2D eigenvalue weighted by atomic mass is 15.2. The van der Waals surface area contributed by atoms with Gasteiger partial charge in [0.05, 0.1) is 0 Å². The zero-order valence-corrected chi connectivity index (χ0v) is 14.1. The first kappa shape index (κ1) is 16.4. The Morgan fingerprint density at radius 1 is 1.10 bits per heavy atom. The topological polar surface area (TPSA) is 15.3 Å². The maximum atomic E-state index is 3.76. The molecular weight excluding hydrogens is 256 g/mol. The molecule has 1 aliphatic rings. The van der Waals surface area contributed by atoms with Crippen LogP contribution in [-0.4, -0.2) is 18.6 Å². The highest BCUT2D eigenvalue weighted by molar-refractivity contribution is 5.55. The van der Waals surface area contributed by atoms with E-state index in [9.17, 15) is 0 Å². The third kappa shape index (κ3) is 4.47. The molecule has 0 fully saturated rings. The monoisotopic (exact) mass is 288 g/mol. The minimum atomic E-state index is 0.225. The Labute approximate surface area is 130 Å². The van der Waals surface area contributed by atoms with Crippen molar-refractivity contribution in [1.82, 2.24) is 5.32 Å². The lowest BCUT2D eigenvalue weighted by Gasteiger charge is -2.34. The zero-order chi connectivity index (χ0) is 15.1. The van der Waals surface area contributed by atoms with Crippen molar-refractivity contribution in [2.45, 2.75) is 71.4 Å². The smallest absolute Gasteiger partial charge is 0.0412 e. The number of nitrogens with zero attached hydrogens (tertiary/aromatic N) is 1. The van der Waals surface area contributed by atoms with E-state index in [-0.39, 0.29) is 5.54 Å². The van der Waals surface area contributed by atoms with Crippen molar-refractivity contribution in [3.05, 3.63) is 29.8 Å². The van der Waals surface area contributed by atoms with Crippen LogP contribution in [0.15, 0.2) is 24.3 Å². The average Bonchev–Trinajstić information content (AvgIpc) is 2.65. The molecule has 0 saturated heterocycles. The van der Waals surface area contributed by atoms with Crippen LogP contribution in [0.2, 0.25) is 0 Å². The van der Waals surface area contributed by atoms with Crippen LogP contribution in [-0.2, 0) is 6.54 Å². The molecule has 2 rings (SSSR count). The first-order valence-corrected chi connectivity index (χ1v) is 8.76. The van der Waals surface area contributed by atoms with Gasteiger partial charge in [0.2, 0.25) is 0 Å². The largest absolute Gasteiger partial charge is 0.369 e. The van der Waals surface area contributed by atoms with E-state index < -0.39 is 0 Å². The van der Waals surface area contributed by atoms with Crippen molar-refractivity contribution < 1.29 is 0 Å². The summed E-state index contributed by atoms with van der Waals surface area (Å²) in [5.41, 5.74) is 3.11. The van der Waals surface area contributed by atoms with Crippen LogP contribution in [0.3, 0.4) is 0 Å². The lowest BCUT2D eigenvalue weighted by Crippen LogP contribution is -2.49. The van der Waals surface area contributed by atoms with Crippen molar-refractivity contribution in [1.29, 1.82) is 0 Å². The average molecular weight is 288 g/mol. The van der Waals surface area contributed by atoms with E-state index in [4.69, 9.17) is 0 Å². The molecule has 1 aromatic rings. The van der Waals surface area contributed by atoms with Gasteiger partial charge >= 0.3 is 0 Å². The third-order valence-corrected chi connectivity index (χ3v) is 4.89. The molecule has 0 radical (unpaired) electrons. The second-order valence-corrected chi connectivity index (χ2v) is 6.73. The van der Waals surface area contributed by atoms with Gasteiger partial charge in [-0.3, -0.25) is 0 Å². The van der Waals surface area contributed by atoms with E-state index in [0.29, 0.717) is 0 Å². The van der Waals surface area contributed by atoms with E-state index in [1.807, 2.05) is 0 Å². The van der Waals surface area contributed by atoms with Gasteiger partial charge in [0.15, 0.2) is 0 Å². The molecule has 0 spiro atoms. The fraction of sp³-hybridized carbons (Fsp3) is 0.684. The van der Waals surface area contributed by atoms with Gasteiger partial charge < -0.3 is 10.2 Å². The van der Waals surface area contributed by atoms with E-state index in [2.05, 4.69) is 55.3 Å². The van der Waals surface area contributed by atoms with Crippen molar-refractivity contribution in [2.75, 3.05) is 18.0 Å². The first-order chi connectivity index (χ1) is 10.2. The van der Waals surface area contributed by atoms with Gasteiger partial charge in [-0.15, -0.1) is 0 Å². The summed E-state index contributed by atoms with van der Waals surface area (Å²) in [4.78, 5) is 2.62. The van der Waals surface area contributed by atoms with Gasteiger partial charge in [-0.2, -0.15) is 0 Å². The van der Waals surface area contributed by atoms with E-state index >= 15 is 0 Å². The van der Waals surface area contributed by atoms with Gasteiger partial charge in [-0.1, -0.05) is 57.7 Å². The predicted octanol–water partition coefficient (Wildman–Crippen LogP) is 4.74. The molecule has 2 nitrogen and oxygen atoms in total. The maximum absolute atomic E-state index is 3.76. The molecule has 0 saturated carbocycles. The van der Waals surface area contributed by atoms with Gasteiger partial charge in [0, 0.05) is 30.9 Å². The molecule has 0 bridgehead atoms. The number of unbranched alkanes of at least 4 members (excludes halogenated alkanes) is 4. The van der Waals surface area contributed by atoms with Crippen molar-refractivity contribution in [3.8, 4) is 0 Å². The summed E-state index contributed by atoms with van der Waals surface area (Å²) in [5.74, 6) is 0. The number of hydrogen-bond acceptors (Lipinski definition) is 2. The molecule has 1 N–H and O–H groups in total. The molecule has 1 unspecified atom stereocenters. The highest BCUT2D eigenvalue weighted by Gasteiger charge is 2.28. The summed E-state index contributed by atoms with van der Waals surface area (Å²) >= 11 is 0. The molecular formula is C19H32N2. The van der Waals surface area contributed by atoms with Crippen LogP contribution in [0.4, 0.5) is 5.69 Å². The minimum absolute atomic E-state index is 0.225. The van der Waals surface area contributed by atoms with Gasteiger partial charge in [-0.05, 0) is 31.4 Å². The van der Waals surface area contributed by atoms with Crippen molar-refractivity contribution in [3.63, 3.8) is 0 Å². The van der Waals surface area contributed by atoms with Crippen LogP contribution in [0, 0.1) is 0 Å². The molecule has 0 amide bonds. The fourth-order valence-corrected chi connectivity index (χ4v) is 3.18. The summed E-state index contributed by atoms with van der Waals surface area (Å²) in [6.07, 6.45) is 7.94. The summed E-state index contributed by atoms with van der Waals surface area (Å²) in [6, 6.07) is 8.91. The molecule has 21 heavy (non-hydrogen) atoms. The second kappa shape index (κ2) is 7.84. The lowest BCUT2D eigenvalue weighted by molar-refractivity contribution is 0.348. The standard InChI is InChI=1S/C19H32N2/c1-4-6-7-8-11-14-21-16-19(3,5-2)20-15-17-12-9-10-13-18(17)21/h9-10,12-13,20H,4-8,11,14-16H2,1-3H3. The second-order valence-electron chi connectivity index (χ2n) is 6.73. The number of para-hydroxylation sites is 1. The van der Waals surface area contributed by atoms with E-state index in [0.717, 1.165) is 13.1 Å². The van der Waals surface area contributed by atoms with E-state index in [1.165, 1.54) is 56.3 Å². The molecule has 2 heteroatoms.